The highest BCUT2D eigenvalue weighted by Crippen LogP contribution is 2.20. The zero-order valence-electron chi connectivity index (χ0n) is 10.3. The molecule has 4 nitrogen and oxygen atoms in total. The summed E-state index contributed by atoms with van der Waals surface area (Å²) in [4.78, 5) is 11.9. The van der Waals surface area contributed by atoms with Gasteiger partial charge in [-0.25, -0.2) is 4.39 Å². The van der Waals surface area contributed by atoms with Gasteiger partial charge >= 0.3 is 0 Å². The summed E-state index contributed by atoms with van der Waals surface area (Å²) in [5, 5.41) is 2.56. The minimum absolute atomic E-state index is 0.251. The van der Waals surface area contributed by atoms with Crippen molar-refractivity contribution in [3.05, 3.63) is 53.8 Å². The lowest BCUT2D eigenvalue weighted by molar-refractivity contribution is 0.102. The Morgan fingerprint density at radius 2 is 1.89 bits per heavy atom. The van der Waals surface area contributed by atoms with Gasteiger partial charge in [-0.1, -0.05) is 0 Å². The molecule has 0 atom stereocenters. The molecule has 0 saturated heterocycles. The molecule has 0 radical (unpaired) electrons. The number of anilines is 2. The lowest BCUT2D eigenvalue weighted by atomic mass is 10.2. The average Bonchev–Trinajstić information content (AvgIpc) is 2.43. The zero-order chi connectivity index (χ0) is 13.8. The standard InChI is InChI=1S/C14H13FN2O2/c1-19-11-5-2-9(3-6-11)14(18)17-13-8-10(15)4-7-12(13)16/h2-8H,16H2,1H3,(H,17,18). The molecule has 0 saturated carbocycles. The van der Waals surface area contributed by atoms with Crippen LogP contribution in [0.1, 0.15) is 10.4 Å². The van der Waals surface area contributed by atoms with Crippen LogP contribution in [0.4, 0.5) is 15.8 Å². The van der Waals surface area contributed by atoms with Crippen molar-refractivity contribution in [1.82, 2.24) is 0 Å². The molecule has 98 valence electrons. The summed E-state index contributed by atoms with van der Waals surface area (Å²) in [6.07, 6.45) is 0. The average molecular weight is 260 g/mol. The van der Waals surface area contributed by atoms with Crippen LogP contribution < -0.4 is 15.8 Å². The molecular formula is C14H13FN2O2. The molecule has 5 heteroatoms. The first kappa shape index (κ1) is 12.9. The van der Waals surface area contributed by atoms with E-state index in [4.69, 9.17) is 10.5 Å². The minimum Gasteiger partial charge on any atom is -0.497 e. The van der Waals surface area contributed by atoms with Gasteiger partial charge in [0, 0.05) is 5.56 Å². The third-order valence-electron chi connectivity index (χ3n) is 2.62. The molecule has 0 unspecified atom stereocenters. The first-order valence-corrected chi connectivity index (χ1v) is 5.60. The van der Waals surface area contributed by atoms with Gasteiger partial charge in [-0.05, 0) is 42.5 Å². The summed E-state index contributed by atoms with van der Waals surface area (Å²) >= 11 is 0. The number of amides is 1. The van der Waals surface area contributed by atoms with Crippen LogP contribution in [0.2, 0.25) is 0 Å². The molecule has 0 heterocycles. The van der Waals surface area contributed by atoms with Crippen molar-refractivity contribution in [2.45, 2.75) is 0 Å². The highest BCUT2D eigenvalue weighted by atomic mass is 19.1. The van der Waals surface area contributed by atoms with Gasteiger partial charge in [-0.3, -0.25) is 4.79 Å². The van der Waals surface area contributed by atoms with Gasteiger partial charge in [0.15, 0.2) is 0 Å². The van der Waals surface area contributed by atoms with Crippen LogP contribution in [0.5, 0.6) is 5.75 Å². The molecule has 0 aliphatic rings. The number of hydrogen-bond acceptors (Lipinski definition) is 3. The van der Waals surface area contributed by atoms with Gasteiger partial charge in [-0.15, -0.1) is 0 Å². The normalized spacial score (nSPS) is 10.0. The minimum atomic E-state index is -0.459. The summed E-state index contributed by atoms with van der Waals surface area (Å²) in [6, 6.07) is 10.4. The molecule has 0 fully saturated rings. The number of halogens is 1. The smallest absolute Gasteiger partial charge is 0.255 e. The highest BCUT2D eigenvalue weighted by molar-refractivity contribution is 6.05. The predicted molar refractivity (Wildman–Crippen MR) is 71.8 cm³/mol. The van der Waals surface area contributed by atoms with Crippen molar-refractivity contribution >= 4 is 17.3 Å². The number of benzene rings is 2. The maximum atomic E-state index is 13.1. The Kier molecular flexibility index (Phi) is 3.66. The molecule has 2 rings (SSSR count). The van der Waals surface area contributed by atoms with E-state index in [-0.39, 0.29) is 11.6 Å². The van der Waals surface area contributed by atoms with Crippen molar-refractivity contribution in [2.75, 3.05) is 18.2 Å². The quantitative estimate of drug-likeness (QED) is 0.834. The Morgan fingerprint density at radius 1 is 1.21 bits per heavy atom. The number of carbonyl (C=O) groups is 1. The number of nitrogen functional groups attached to an aromatic ring is 1. The molecule has 0 spiro atoms. The first-order chi connectivity index (χ1) is 9.10. The van der Waals surface area contributed by atoms with Gasteiger partial charge in [0.05, 0.1) is 18.5 Å². The van der Waals surface area contributed by atoms with E-state index in [0.29, 0.717) is 17.0 Å². The van der Waals surface area contributed by atoms with Crippen molar-refractivity contribution in [1.29, 1.82) is 0 Å². The van der Waals surface area contributed by atoms with Gasteiger partial charge in [0.1, 0.15) is 11.6 Å². The van der Waals surface area contributed by atoms with Gasteiger partial charge < -0.3 is 15.8 Å². The van der Waals surface area contributed by atoms with E-state index in [1.165, 1.54) is 18.2 Å². The molecule has 0 bridgehead atoms. The molecule has 2 aromatic carbocycles. The van der Waals surface area contributed by atoms with Crippen LogP contribution in [0, 0.1) is 5.82 Å². The summed E-state index contributed by atoms with van der Waals surface area (Å²) < 4.78 is 18.1. The van der Waals surface area contributed by atoms with E-state index in [0.717, 1.165) is 0 Å². The summed E-state index contributed by atoms with van der Waals surface area (Å²) in [6.45, 7) is 0. The number of nitrogens with one attached hydrogen (secondary N) is 1. The zero-order valence-corrected chi connectivity index (χ0v) is 10.3. The lowest BCUT2D eigenvalue weighted by Gasteiger charge is -2.08. The Labute approximate surface area is 110 Å². The second-order valence-corrected chi connectivity index (χ2v) is 3.91. The van der Waals surface area contributed by atoms with E-state index in [2.05, 4.69) is 5.32 Å². The molecule has 0 aliphatic heterocycles. The molecular weight excluding hydrogens is 247 g/mol. The Bertz CT molecular complexity index is 597. The first-order valence-electron chi connectivity index (χ1n) is 5.60. The number of nitrogens with two attached hydrogens (primary N) is 1. The van der Waals surface area contributed by atoms with Crippen molar-refractivity contribution < 1.29 is 13.9 Å². The van der Waals surface area contributed by atoms with Gasteiger partial charge in [-0.2, -0.15) is 0 Å². The largest absolute Gasteiger partial charge is 0.497 e. The summed E-state index contributed by atoms with van der Waals surface area (Å²) in [5.74, 6) is -0.166. The molecule has 19 heavy (non-hydrogen) atoms. The Hall–Kier alpha value is -2.56. The molecule has 1 amide bonds. The fourth-order valence-electron chi connectivity index (χ4n) is 1.57. The molecule has 2 aromatic rings. The Balaban J connectivity index is 2.18. The third-order valence-corrected chi connectivity index (χ3v) is 2.62. The van der Waals surface area contributed by atoms with Crippen LogP contribution in [0.15, 0.2) is 42.5 Å². The SMILES string of the molecule is COc1ccc(C(=O)Nc2cc(F)ccc2N)cc1. The van der Waals surface area contributed by atoms with Crippen molar-refractivity contribution in [3.8, 4) is 5.75 Å². The second kappa shape index (κ2) is 5.39. The van der Waals surface area contributed by atoms with Crippen LogP contribution in [-0.2, 0) is 0 Å². The summed E-state index contributed by atoms with van der Waals surface area (Å²) in [7, 11) is 1.54. The topological polar surface area (TPSA) is 64.3 Å². The third kappa shape index (κ3) is 3.01. The predicted octanol–water partition coefficient (Wildman–Crippen LogP) is 2.67. The van der Waals surface area contributed by atoms with E-state index < -0.39 is 5.82 Å². The van der Waals surface area contributed by atoms with Crippen molar-refractivity contribution in [3.63, 3.8) is 0 Å². The number of ether oxygens (including phenoxy) is 1. The van der Waals surface area contributed by atoms with Crippen LogP contribution >= 0.6 is 0 Å². The number of rotatable bonds is 3. The number of carbonyl (C=O) groups excluding carboxylic acids is 1. The summed E-state index contributed by atoms with van der Waals surface area (Å²) in [5.41, 5.74) is 6.65. The van der Waals surface area contributed by atoms with E-state index >= 15 is 0 Å². The molecule has 0 aromatic heterocycles. The maximum absolute atomic E-state index is 13.1. The highest BCUT2D eigenvalue weighted by Gasteiger charge is 2.09. The van der Waals surface area contributed by atoms with E-state index in [1.54, 1.807) is 31.4 Å². The van der Waals surface area contributed by atoms with Gasteiger partial charge in [0.25, 0.3) is 5.91 Å². The monoisotopic (exact) mass is 260 g/mol. The number of hydrogen-bond donors (Lipinski definition) is 2. The van der Waals surface area contributed by atoms with Gasteiger partial charge in [0.2, 0.25) is 0 Å². The van der Waals surface area contributed by atoms with Crippen LogP contribution in [-0.4, -0.2) is 13.0 Å². The molecule has 0 aliphatic carbocycles. The fraction of sp³-hybridized carbons (Fsp3) is 0.0714. The molecule has 3 N–H and O–H groups in total. The van der Waals surface area contributed by atoms with E-state index in [9.17, 15) is 9.18 Å². The number of methoxy groups -OCH3 is 1. The van der Waals surface area contributed by atoms with Crippen LogP contribution in [0.25, 0.3) is 0 Å². The second-order valence-electron chi connectivity index (χ2n) is 3.91. The Morgan fingerprint density at radius 3 is 2.53 bits per heavy atom. The van der Waals surface area contributed by atoms with E-state index in [1.807, 2.05) is 0 Å². The fourth-order valence-corrected chi connectivity index (χ4v) is 1.57. The van der Waals surface area contributed by atoms with Crippen LogP contribution in [0.3, 0.4) is 0 Å². The lowest BCUT2D eigenvalue weighted by Crippen LogP contribution is -2.13. The maximum Gasteiger partial charge on any atom is 0.255 e. The van der Waals surface area contributed by atoms with Crippen molar-refractivity contribution in [2.24, 2.45) is 0 Å².